The van der Waals surface area contributed by atoms with Crippen molar-refractivity contribution in [2.45, 2.75) is 43.9 Å². The molecular weight excluding hydrogens is 318 g/mol. The smallest absolute Gasteiger partial charge is 0.341 e. The normalized spacial score (nSPS) is 24.2. The average Bonchev–Trinajstić information content (AvgIpc) is 3.39. The summed E-state index contributed by atoms with van der Waals surface area (Å²) in [6.07, 6.45) is 1.60. The number of carbonyl (C=O) groups is 1. The van der Waals surface area contributed by atoms with Crippen LogP contribution in [0.1, 0.15) is 46.8 Å². The van der Waals surface area contributed by atoms with E-state index in [1.165, 1.54) is 10.8 Å². The quantitative estimate of drug-likeness (QED) is 0.902. The fourth-order valence-electron chi connectivity index (χ4n) is 3.53. The Kier molecular flexibility index (Phi) is 2.94. The zero-order valence-electron chi connectivity index (χ0n) is 13.0. The van der Waals surface area contributed by atoms with Gasteiger partial charge >= 0.3 is 5.97 Å². The van der Waals surface area contributed by atoms with E-state index in [1.54, 1.807) is 6.92 Å². The number of hydrogen-bond acceptors (Lipinski definition) is 3. The molecule has 0 radical (unpaired) electrons. The first-order chi connectivity index (χ1) is 11.2. The van der Waals surface area contributed by atoms with E-state index in [-0.39, 0.29) is 11.8 Å². The third-order valence-electron chi connectivity index (χ3n) is 5.07. The predicted octanol–water partition coefficient (Wildman–Crippen LogP) is 2.38. The molecule has 0 aliphatic heterocycles. The standard InChI is InChI=1S/C17H16F2N2O3/c1-7-13(17(20)2-3-17)11(19)4-8-14(7)21(12-5-10(12)18)6-9(15(8)22)16(23)24/h4,6,10,12H,2-3,5,20H2,1H3,(H,23,24)/t10-,12+/m0/s1. The van der Waals surface area contributed by atoms with Gasteiger partial charge in [0.2, 0.25) is 5.43 Å². The largest absolute Gasteiger partial charge is 0.477 e. The molecule has 3 N–H and O–H groups in total. The predicted molar refractivity (Wildman–Crippen MR) is 83.5 cm³/mol. The molecular formula is C17H16F2N2O3. The number of rotatable bonds is 3. The first kappa shape index (κ1) is 15.3. The third-order valence-corrected chi connectivity index (χ3v) is 5.07. The van der Waals surface area contributed by atoms with Crippen molar-refractivity contribution in [3.8, 4) is 0 Å². The lowest BCUT2D eigenvalue weighted by molar-refractivity contribution is 0.0694. The van der Waals surface area contributed by atoms with Gasteiger partial charge in [0.05, 0.1) is 11.6 Å². The van der Waals surface area contributed by atoms with Gasteiger partial charge in [0.1, 0.15) is 17.6 Å². The monoisotopic (exact) mass is 334 g/mol. The molecule has 2 aliphatic rings. The Morgan fingerprint density at radius 2 is 2.08 bits per heavy atom. The summed E-state index contributed by atoms with van der Waals surface area (Å²) in [4.78, 5) is 23.8. The zero-order chi connectivity index (χ0) is 17.4. The SMILES string of the molecule is Cc1c(C2(N)CC2)c(F)cc2c(=O)c(C(=O)O)cn([C@@H]3C[C@@H]3F)c12. The average molecular weight is 334 g/mol. The molecule has 2 atom stereocenters. The van der Waals surface area contributed by atoms with E-state index in [2.05, 4.69) is 0 Å². The molecule has 126 valence electrons. The Morgan fingerprint density at radius 1 is 1.46 bits per heavy atom. The van der Waals surface area contributed by atoms with Crippen molar-refractivity contribution in [2.24, 2.45) is 5.73 Å². The summed E-state index contributed by atoms with van der Waals surface area (Å²) >= 11 is 0. The summed E-state index contributed by atoms with van der Waals surface area (Å²) in [6, 6.07) is 0.516. The first-order valence-corrected chi connectivity index (χ1v) is 7.79. The maximum atomic E-state index is 14.6. The molecule has 0 spiro atoms. The van der Waals surface area contributed by atoms with Gasteiger partial charge in [-0.15, -0.1) is 0 Å². The van der Waals surface area contributed by atoms with Gasteiger partial charge in [-0.25, -0.2) is 13.6 Å². The second-order valence-electron chi connectivity index (χ2n) is 6.81. The van der Waals surface area contributed by atoms with Gasteiger partial charge < -0.3 is 15.4 Å². The number of nitrogens with two attached hydrogens (primary N) is 1. The lowest BCUT2D eigenvalue weighted by Crippen LogP contribution is -2.25. The highest BCUT2D eigenvalue weighted by Crippen LogP contribution is 2.47. The van der Waals surface area contributed by atoms with E-state index in [1.807, 2.05) is 0 Å². The summed E-state index contributed by atoms with van der Waals surface area (Å²) in [5, 5.41) is 9.18. The van der Waals surface area contributed by atoms with Crippen LogP contribution in [0.5, 0.6) is 0 Å². The van der Waals surface area contributed by atoms with Gasteiger partial charge in [-0.3, -0.25) is 4.79 Å². The van der Waals surface area contributed by atoms with Gasteiger partial charge in [-0.1, -0.05) is 0 Å². The van der Waals surface area contributed by atoms with Crippen LogP contribution in [0, 0.1) is 12.7 Å². The molecule has 5 nitrogen and oxygen atoms in total. The summed E-state index contributed by atoms with van der Waals surface area (Å²) in [7, 11) is 0. The molecule has 1 aromatic carbocycles. The number of hydrogen-bond donors (Lipinski definition) is 2. The highest BCUT2D eigenvalue weighted by atomic mass is 19.1. The summed E-state index contributed by atoms with van der Waals surface area (Å²) in [5.41, 5.74) is 5.34. The number of aromatic carboxylic acids is 1. The number of carboxylic acid groups (broad SMARTS) is 1. The second kappa shape index (κ2) is 4.63. The molecule has 24 heavy (non-hydrogen) atoms. The molecule has 0 unspecified atom stereocenters. The molecule has 2 fully saturated rings. The van der Waals surface area contributed by atoms with E-state index in [0.717, 1.165) is 6.07 Å². The fourth-order valence-corrected chi connectivity index (χ4v) is 3.53. The van der Waals surface area contributed by atoms with Crippen LogP contribution in [0.4, 0.5) is 8.78 Å². The van der Waals surface area contributed by atoms with E-state index in [4.69, 9.17) is 5.73 Å². The maximum absolute atomic E-state index is 14.6. The summed E-state index contributed by atoms with van der Waals surface area (Å²) in [6.45, 7) is 1.65. The highest BCUT2D eigenvalue weighted by Gasteiger charge is 2.45. The van der Waals surface area contributed by atoms with Gasteiger partial charge in [-0.05, 0) is 31.4 Å². The molecule has 0 bridgehead atoms. The number of pyridine rings is 1. The van der Waals surface area contributed by atoms with Crippen LogP contribution in [-0.4, -0.2) is 21.8 Å². The van der Waals surface area contributed by atoms with Crippen LogP contribution in [0.15, 0.2) is 17.1 Å². The second-order valence-corrected chi connectivity index (χ2v) is 6.81. The number of benzene rings is 1. The third kappa shape index (κ3) is 2.00. The van der Waals surface area contributed by atoms with Gasteiger partial charge in [0.15, 0.2) is 0 Å². The van der Waals surface area contributed by atoms with Gasteiger partial charge in [0, 0.05) is 29.1 Å². The number of aryl methyl sites for hydroxylation is 1. The van der Waals surface area contributed by atoms with E-state index < -0.39 is 40.5 Å². The van der Waals surface area contributed by atoms with Gasteiger partial charge in [0.25, 0.3) is 0 Å². The van der Waals surface area contributed by atoms with Crippen LogP contribution in [0.25, 0.3) is 10.9 Å². The number of aromatic nitrogens is 1. The van der Waals surface area contributed by atoms with E-state index in [0.29, 0.717) is 29.5 Å². The Morgan fingerprint density at radius 3 is 2.58 bits per heavy atom. The van der Waals surface area contributed by atoms with Crippen molar-refractivity contribution in [1.29, 1.82) is 0 Å². The number of halogens is 2. The van der Waals surface area contributed by atoms with Gasteiger partial charge in [-0.2, -0.15) is 0 Å². The Balaban J connectivity index is 2.13. The molecule has 1 aromatic heterocycles. The lowest BCUT2D eigenvalue weighted by Gasteiger charge is -2.20. The molecule has 2 aliphatic carbocycles. The van der Waals surface area contributed by atoms with Crippen molar-refractivity contribution in [3.63, 3.8) is 0 Å². The van der Waals surface area contributed by atoms with Crippen molar-refractivity contribution in [1.82, 2.24) is 4.57 Å². The fraction of sp³-hybridized carbons (Fsp3) is 0.412. The highest BCUT2D eigenvalue weighted by molar-refractivity contribution is 5.94. The number of carboxylic acids is 1. The number of nitrogens with zero attached hydrogens (tertiary/aromatic N) is 1. The minimum absolute atomic E-state index is 0.0444. The summed E-state index contributed by atoms with van der Waals surface area (Å²) in [5.74, 6) is -2.02. The Labute approximate surface area is 135 Å². The lowest BCUT2D eigenvalue weighted by atomic mass is 9.95. The van der Waals surface area contributed by atoms with Crippen LogP contribution < -0.4 is 11.2 Å². The molecule has 0 amide bonds. The van der Waals surface area contributed by atoms with E-state index in [9.17, 15) is 23.5 Å². The van der Waals surface area contributed by atoms with Crippen LogP contribution in [-0.2, 0) is 5.54 Å². The molecule has 1 heterocycles. The van der Waals surface area contributed by atoms with Crippen LogP contribution in [0.3, 0.4) is 0 Å². The maximum Gasteiger partial charge on any atom is 0.341 e. The molecule has 2 saturated carbocycles. The van der Waals surface area contributed by atoms with Crippen molar-refractivity contribution < 1.29 is 18.7 Å². The Bertz CT molecular complexity index is 963. The van der Waals surface area contributed by atoms with Crippen molar-refractivity contribution >= 4 is 16.9 Å². The van der Waals surface area contributed by atoms with Crippen molar-refractivity contribution in [2.75, 3.05) is 0 Å². The van der Waals surface area contributed by atoms with Crippen LogP contribution in [0.2, 0.25) is 0 Å². The van der Waals surface area contributed by atoms with E-state index >= 15 is 0 Å². The topological polar surface area (TPSA) is 85.3 Å². The number of fused-ring (bicyclic) bond motifs is 1. The molecule has 0 saturated heterocycles. The summed E-state index contributed by atoms with van der Waals surface area (Å²) < 4.78 is 29.7. The zero-order valence-corrected chi connectivity index (χ0v) is 13.0. The molecule has 4 rings (SSSR count). The molecule has 7 heteroatoms. The first-order valence-electron chi connectivity index (χ1n) is 7.79. The minimum Gasteiger partial charge on any atom is -0.477 e. The Hall–Kier alpha value is -2.28. The minimum atomic E-state index is -1.41. The van der Waals surface area contributed by atoms with Crippen molar-refractivity contribution in [3.05, 3.63) is 45.0 Å². The number of alkyl halides is 1. The van der Waals surface area contributed by atoms with Crippen LogP contribution >= 0.6 is 0 Å². The molecule has 2 aromatic rings.